The van der Waals surface area contributed by atoms with Crippen molar-refractivity contribution in [3.8, 4) is 17.2 Å². The lowest BCUT2D eigenvalue weighted by atomic mass is 10.1. The molecule has 0 aliphatic heterocycles. The van der Waals surface area contributed by atoms with Crippen LogP contribution in [0.2, 0.25) is 0 Å². The Balaban J connectivity index is 1.97. The predicted octanol–water partition coefficient (Wildman–Crippen LogP) is 2.88. The predicted molar refractivity (Wildman–Crippen MR) is 121 cm³/mol. The fraction of sp³-hybridized carbons (Fsp3) is 0.409. The van der Waals surface area contributed by atoms with Crippen molar-refractivity contribution in [1.29, 1.82) is 0 Å². The maximum absolute atomic E-state index is 12.3. The molecule has 0 radical (unpaired) electrons. The molecule has 0 bridgehead atoms. The number of carbonyl (C=O) groups excluding carboxylic acids is 1. The van der Waals surface area contributed by atoms with E-state index < -0.39 is 10.0 Å². The normalized spacial score (nSPS) is 11.0. The number of amides is 1. The van der Waals surface area contributed by atoms with E-state index in [1.165, 1.54) is 31.9 Å². The second-order valence-corrected chi connectivity index (χ2v) is 8.94. The van der Waals surface area contributed by atoms with Crippen molar-refractivity contribution in [1.82, 2.24) is 5.32 Å². The van der Waals surface area contributed by atoms with Gasteiger partial charge in [0.05, 0.1) is 33.3 Å². The molecule has 0 atom stereocenters. The Bertz CT molecular complexity index is 982. The third kappa shape index (κ3) is 6.52. The minimum atomic E-state index is -3.45. The zero-order valence-corrected chi connectivity index (χ0v) is 19.4. The molecule has 0 fully saturated rings. The third-order valence-corrected chi connectivity index (χ3v) is 5.94. The number of hydrogen-bond donors (Lipinski definition) is 1. The first-order chi connectivity index (χ1) is 14.7. The minimum absolute atomic E-state index is 0.174. The molecule has 1 N–H and O–H groups in total. The summed E-state index contributed by atoms with van der Waals surface area (Å²) in [4.78, 5) is 12.3. The maximum Gasteiger partial charge on any atom is 0.232 e. The second-order valence-electron chi connectivity index (χ2n) is 7.04. The van der Waals surface area contributed by atoms with E-state index in [-0.39, 0.29) is 25.4 Å². The summed E-state index contributed by atoms with van der Waals surface area (Å²) in [5.41, 5.74) is 2.28. The van der Waals surface area contributed by atoms with Crippen LogP contribution in [0.3, 0.4) is 0 Å². The van der Waals surface area contributed by atoms with Crippen LogP contribution in [0.25, 0.3) is 0 Å². The van der Waals surface area contributed by atoms with Crippen LogP contribution >= 0.6 is 0 Å². The average Bonchev–Trinajstić information content (AvgIpc) is 2.74. The highest BCUT2D eigenvalue weighted by atomic mass is 32.2. The SMILES string of the molecule is COc1cc(CNC(=O)CCCN(c2ccccc2C)S(C)(=O)=O)cc(OC)c1OC. The molecule has 0 unspecified atom stereocenters. The van der Waals surface area contributed by atoms with Crippen LogP contribution in [-0.2, 0) is 21.4 Å². The second kappa shape index (κ2) is 10.9. The zero-order chi connectivity index (χ0) is 23.0. The standard InChI is InChI=1S/C22H30N2O6S/c1-16-9-6-7-10-18(16)24(31(5,26)27)12-8-11-21(25)23-15-17-13-19(28-2)22(30-4)20(14-17)29-3/h6-7,9-10,13-14H,8,11-12,15H2,1-5H3,(H,23,25). The van der Waals surface area contributed by atoms with Gasteiger partial charge in [0.25, 0.3) is 0 Å². The van der Waals surface area contributed by atoms with Crippen molar-refractivity contribution in [3.63, 3.8) is 0 Å². The van der Waals surface area contributed by atoms with E-state index in [1.54, 1.807) is 24.3 Å². The summed E-state index contributed by atoms with van der Waals surface area (Å²) in [7, 11) is 1.13. The fourth-order valence-electron chi connectivity index (χ4n) is 3.22. The summed E-state index contributed by atoms with van der Waals surface area (Å²) in [6.45, 7) is 2.36. The van der Waals surface area contributed by atoms with Crippen LogP contribution in [-0.4, -0.2) is 48.5 Å². The van der Waals surface area contributed by atoms with Gasteiger partial charge >= 0.3 is 0 Å². The number of sulfonamides is 1. The minimum Gasteiger partial charge on any atom is -0.493 e. The monoisotopic (exact) mass is 450 g/mol. The van der Waals surface area contributed by atoms with Gasteiger partial charge in [0.1, 0.15) is 0 Å². The number of anilines is 1. The first kappa shape index (κ1) is 24.3. The van der Waals surface area contributed by atoms with Gasteiger partial charge in [-0.15, -0.1) is 0 Å². The lowest BCUT2D eigenvalue weighted by molar-refractivity contribution is -0.121. The van der Waals surface area contributed by atoms with Crippen LogP contribution in [0.5, 0.6) is 17.2 Å². The summed E-state index contributed by atoms with van der Waals surface area (Å²) in [5, 5.41) is 2.84. The van der Waals surface area contributed by atoms with Crippen molar-refractivity contribution >= 4 is 21.6 Å². The van der Waals surface area contributed by atoms with Crippen molar-refractivity contribution in [2.75, 3.05) is 38.4 Å². The summed E-state index contributed by atoms with van der Waals surface area (Å²) >= 11 is 0. The molecule has 2 rings (SSSR count). The molecule has 0 saturated heterocycles. The van der Waals surface area contributed by atoms with Gasteiger partial charge in [-0.2, -0.15) is 0 Å². The molecule has 0 spiro atoms. The van der Waals surface area contributed by atoms with Gasteiger partial charge in [-0.3, -0.25) is 9.10 Å². The lowest BCUT2D eigenvalue weighted by Gasteiger charge is -2.24. The molecule has 2 aromatic rings. The number of rotatable bonds is 11. The Morgan fingerprint density at radius 1 is 1.03 bits per heavy atom. The molecule has 2 aromatic carbocycles. The Labute approximate surface area is 184 Å². The molecule has 0 aromatic heterocycles. The molecular weight excluding hydrogens is 420 g/mol. The number of methoxy groups -OCH3 is 3. The van der Waals surface area contributed by atoms with Crippen LogP contribution in [0.15, 0.2) is 36.4 Å². The molecule has 0 saturated carbocycles. The highest BCUT2D eigenvalue weighted by molar-refractivity contribution is 7.92. The van der Waals surface area contributed by atoms with Gasteiger partial charge in [0, 0.05) is 19.5 Å². The molecule has 1 amide bonds. The number of para-hydroxylation sites is 1. The molecule has 170 valence electrons. The first-order valence-electron chi connectivity index (χ1n) is 9.80. The Morgan fingerprint density at radius 2 is 1.65 bits per heavy atom. The molecular formula is C22H30N2O6S. The number of hydrogen-bond acceptors (Lipinski definition) is 6. The van der Waals surface area contributed by atoms with E-state index >= 15 is 0 Å². The number of aryl methyl sites for hydroxylation is 1. The Hall–Kier alpha value is -2.94. The van der Waals surface area contributed by atoms with Gasteiger partial charge in [-0.1, -0.05) is 18.2 Å². The van der Waals surface area contributed by atoms with Crippen LogP contribution in [0, 0.1) is 6.92 Å². The van der Waals surface area contributed by atoms with E-state index in [4.69, 9.17) is 14.2 Å². The number of carbonyl (C=O) groups is 1. The number of benzene rings is 2. The van der Waals surface area contributed by atoms with Gasteiger partial charge in [-0.05, 0) is 42.7 Å². The number of nitrogens with zero attached hydrogens (tertiary/aromatic N) is 1. The molecule has 9 heteroatoms. The fourth-order valence-corrected chi connectivity index (χ4v) is 4.24. The highest BCUT2D eigenvalue weighted by Gasteiger charge is 2.19. The van der Waals surface area contributed by atoms with Gasteiger partial charge in [-0.25, -0.2) is 8.42 Å². The lowest BCUT2D eigenvalue weighted by Crippen LogP contribution is -2.32. The van der Waals surface area contributed by atoms with Crippen molar-refractivity contribution in [3.05, 3.63) is 47.5 Å². The van der Waals surface area contributed by atoms with E-state index in [9.17, 15) is 13.2 Å². The van der Waals surface area contributed by atoms with E-state index in [1.807, 2.05) is 19.1 Å². The van der Waals surface area contributed by atoms with Crippen LogP contribution in [0.4, 0.5) is 5.69 Å². The first-order valence-corrected chi connectivity index (χ1v) is 11.6. The number of nitrogens with one attached hydrogen (secondary N) is 1. The summed E-state index contributed by atoms with van der Waals surface area (Å²) < 4.78 is 41.7. The van der Waals surface area contributed by atoms with E-state index in [0.717, 1.165) is 11.1 Å². The summed E-state index contributed by atoms with van der Waals surface area (Å²) in [6, 6.07) is 10.8. The van der Waals surface area contributed by atoms with E-state index in [2.05, 4.69) is 5.32 Å². The van der Waals surface area contributed by atoms with Gasteiger partial charge in [0.2, 0.25) is 21.7 Å². The molecule has 31 heavy (non-hydrogen) atoms. The van der Waals surface area contributed by atoms with Crippen molar-refractivity contribution < 1.29 is 27.4 Å². The van der Waals surface area contributed by atoms with Crippen LogP contribution in [0.1, 0.15) is 24.0 Å². The Morgan fingerprint density at radius 3 is 2.16 bits per heavy atom. The topological polar surface area (TPSA) is 94.2 Å². The van der Waals surface area contributed by atoms with E-state index in [0.29, 0.717) is 29.4 Å². The van der Waals surface area contributed by atoms with Crippen molar-refractivity contribution in [2.24, 2.45) is 0 Å². The molecule has 0 heterocycles. The summed E-state index contributed by atoms with van der Waals surface area (Å²) in [6.07, 6.45) is 1.76. The maximum atomic E-state index is 12.3. The van der Waals surface area contributed by atoms with Crippen molar-refractivity contribution in [2.45, 2.75) is 26.3 Å². The smallest absolute Gasteiger partial charge is 0.232 e. The largest absolute Gasteiger partial charge is 0.493 e. The quantitative estimate of drug-likeness (QED) is 0.566. The zero-order valence-electron chi connectivity index (χ0n) is 18.6. The highest BCUT2D eigenvalue weighted by Crippen LogP contribution is 2.38. The van der Waals surface area contributed by atoms with Gasteiger partial charge in [0.15, 0.2) is 11.5 Å². The third-order valence-electron chi connectivity index (χ3n) is 4.76. The Kier molecular flexibility index (Phi) is 8.56. The summed E-state index contributed by atoms with van der Waals surface area (Å²) in [5.74, 6) is 1.32. The molecule has 8 nitrogen and oxygen atoms in total. The average molecular weight is 451 g/mol. The van der Waals surface area contributed by atoms with Gasteiger partial charge < -0.3 is 19.5 Å². The number of ether oxygens (including phenoxy) is 3. The van der Waals surface area contributed by atoms with Crippen LogP contribution < -0.4 is 23.8 Å². The molecule has 0 aliphatic rings. The molecule has 0 aliphatic carbocycles.